The molecular formula is C15H14N4O. The van der Waals surface area contributed by atoms with E-state index in [1.165, 1.54) is 6.33 Å². The predicted molar refractivity (Wildman–Crippen MR) is 76.9 cm³/mol. The minimum Gasteiger partial charge on any atom is -0.367 e. The van der Waals surface area contributed by atoms with E-state index in [1.807, 2.05) is 13.8 Å². The quantitative estimate of drug-likeness (QED) is 0.771. The first-order chi connectivity index (χ1) is 9.65. The van der Waals surface area contributed by atoms with E-state index >= 15 is 0 Å². The lowest BCUT2D eigenvalue weighted by atomic mass is 10.0. The zero-order chi connectivity index (χ0) is 14.1. The summed E-state index contributed by atoms with van der Waals surface area (Å²) < 4.78 is 5.15. The maximum Gasteiger partial charge on any atom is 0.232 e. The third-order valence-electron chi connectivity index (χ3n) is 3.05. The Balaban J connectivity index is 2.21. The van der Waals surface area contributed by atoms with Gasteiger partial charge in [-0.2, -0.15) is 0 Å². The Hall–Kier alpha value is -2.69. The lowest BCUT2D eigenvalue weighted by Gasteiger charge is -2.04. The maximum atomic E-state index is 5.90. The second-order valence-corrected chi connectivity index (χ2v) is 4.74. The standard InChI is InChI=1S/C15H14N4O/c1-9-5-10(2)7-11(6-9)14-13(15(16)20-19-14)12-3-4-17-8-18-12/h3-8H,16H2,1-2H3. The summed E-state index contributed by atoms with van der Waals surface area (Å²) in [7, 11) is 0. The number of anilines is 1. The van der Waals surface area contributed by atoms with E-state index in [9.17, 15) is 0 Å². The molecule has 0 fully saturated rings. The molecular weight excluding hydrogens is 252 g/mol. The van der Waals surface area contributed by atoms with Gasteiger partial charge in [0.2, 0.25) is 5.88 Å². The fourth-order valence-electron chi connectivity index (χ4n) is 2.30. The molecule has 0 atom stereocenters. The molecule has 0 aliphatic heterocycles. The van der Waals surface area contributed by atoms with Crippen LogP contribution in [0.4, 0.5) is 5.88 Å². The fraction of sp³-hybridized carbons (Fsp3) is 0.133. The summed E-state index contributed by atoms with van der Waals surface area (Å²) in [5.41, 5.74) is 11.3. The van der Waals surface area contributed by atoms with Gasteiger partial charge in [-0.1, -0.05) is 22.3 Å². The van der Waals surface area contributed by atoms with Crippen LogP contribution >= 0.6 is 0 Å². The summed E-state index contributed by atoms with van der Waals surface area (Å²) in [5.74, 6) is 0.262. The number of nitrogens with zero attached hydrogens (tertiary/aromatic N) is 3. The summed E-state index contributed by atoms with van der Waals surface area (Å²) in [6, 6.07) is 8.00. The molecule has 2 N–H and O–H groups in total. The van der Waals surface area contributed by atoms with Crippen molar-refractivity contribution in [1.82, 2.24) is 15.1 Å². The second kappa shape index (κ2) is 4.77. The summed E-state index contributed by atoms with van der Waals surface area (Å²) in [4.78, 5) is 8.13. The van der Waals surface area contributed by atoms with Gasteiger partial charge in [0, 0.05) is 11.8 Å². The molecule has 3 aromatic rings. The molecule has 0 amide bonds. The van der Waals surface area contributed by atoms with Crippen LogP contribution in [0.5, 0.6) is 0 Å². The van der Waals surface area contributed by atoms with Crippen molar-refractivity contribution in [3.8, 4) is 22.5 Å². The highest BCUT2D eigenvalue weighted by molar-refractivity contribution is 5.85. The summed E-state index contributed by atoms with van der Waals surface area (Å²) in [5, 5.41) is 4.08. The van der Waals surface area contributed by atoms with Crippen molar-refractivity contribution >= 4 is 5.88 Å². The molecule has 3 rings (SSSR count). The largest absolute Gasteiger partial charge is 0.367 e. The van der Waals surface area contributed by atoms with E-state index in [2.05, 4.69) is 33.3 Å². The number of hydrogen-bond donors (Lipinski definition) is 1. The Bertz CT molecular complexity index is 730. The van der Waals surface area contributed by atoms with E-state index < -0.39 is 0 Å². The highest BCUT2D eigenvalue weighted by atomic mass is 16.5. The normalized spacial score (nSPS) is 10.7. The third kappa shape index (κ3) is 2.14. The number of aromatic nitrogens is 3. The van der Waals surface area contributed by atoms with Gasteiger partial charge in [-0.15, -0.1) is 0 Å². The van der Waals surface area contributed by atoms with Crippen molar-refractivity contribution in [3.63, 3.8) is 0 Å². The Morgan fingerprint density at radius 3 is 2.50 bits per heavy atom. The van der Waals surface area contributed by atoms with Gasteiger partial charge < -0.3 is 10.3 Å². The highest BCUT2D eigenvalue weighted by Crippen LogP contribution is 2.35. The Labute approximate surface area is 116 Å². The van der Waals surface area contributed by atoms with Crippen molar-refractivity contribution < 1.29 is 4.52 Å². The van der Waals surface area contributed by atoms with E-state index in [-0.39, 0.29) is 5.88 Å². The molecule has 5 heteroatoms. The second-order valence-electron chi connectivity index (χ2n) is 4.74. The topological polar surface area (TPSA) is 77.8 Å². The van der Waals surface area contributed by atoms with Crippen LogP contribution in [-0.4, -0.2) is 15.1 Å². The van der Waals surface area contributed by atoms with Crippen molar-refractivity contribution in [2.24, 2.45) is 0 Å². The molecule has 100 valence electrons. The average Bonchev–Trinajstić information content (AvgIpc) is 2.80. The molecule has 2 aromatic heterocycles. The van der Waals surface area contributed by atoms with Crippen molar-refractivity contribution in [3.05, 3.63) is 47.9 Å². The first-order valence-corrected chi connectivity index (χ1v) is 6.25. The molecule has 0 aliphatic rings. The van der Waals surface area contributed by atoms with Gasteiger partial charge in [0.15, 0.2) is 0 Å². The van der Waals surface area contributed by atoms with Crippen molar-refractivity contribution in [1.29, 1.82) is 0 Å². The lowest BCUT2D eigenvalue weighted by molar-refractivity contribution is 0.439. The van der Waals surface area contributed by atoms with Gasteiger partial charge in [0.05, 0.1) is 11.3 Å². The SMILES string of the molecule is Cc1cc(C)cc(-c2noc(N)c2-c2ccncn2)c1. The van der Waals surface area contributed by atoms with Crippen LogP contribution in [-0.2, 0) is 0 Å². The first-order valence-electron chi connectivity index (χ1n) is 6.25. The predicted octanol–water partition coefficient (Wildman–Crippen LogP) is 3.00. The average molecular weight is 266 g/mol. The van der Waals surface area contributed by atoms with E-state index in [4.69, 9.17) is 10.3 Å². The van der Waals surface area contributed by atoms with Crippen LogP contribution in [0.3, 0.4) is 0 Å². The fourth-order valence-corrected chi connectivity index (χ4v) is 2.30. The minimum atomic E-state index is 0.262. The van der Waals surface area contributed by atoms with Crippen LogP contribution < -0.4 is 5.73 Å². The van der Waals surface area contributed by atoms with Crippen LogP contribution in [0.2, 0.25) is 0 Å². The molecule has 2 heterocycles. The Morgan fingerprint density at radius 2 is 1.85 bits per heavy atom. The molecule has 0 radical (unpaired) electrons. The van der Waals surface area contributed by atoms with Gasteiger partial charge in [0.1, 0.15) is 12.0 Å². The summed E-state index contributed by atoms with van der Waals surface area (Å²) >= 11 is 0. The molecule has 0 unspecified atom stereocenters. The van der Waals surface area contributed by atoms with Crippen LogP contribution in [0.15, 0.2) is 41.3 Å². The molecule has 5 nitrogen and oxygen atoms in total. The number of rotatable bonds is 2. The smallest absolute Gasteiger partial charge is 0.232 e. The molecule has 0 aliphatic carbocycles. The van der Waals surface area contributed by atoms with E-state index in [0.717, 1.165) is 16.7 Å². The summed E-state index contributed by atoms with van der Waals surface area (Å²) in [6.45, 7) is 4.09. The van der Waals surface area contributed by atoms with Crippen LogP contribution in [0, 0.1) is 13.8 Å². The molecule has 20 heavy (non-hydrogen) atoms. The summed E-state index contributed by atoms with van der Waals surface area (Å²) in [6.07, 6.45) is 3.15. The number of nitrogens with two attached hydrogens (primary N) is 1. The Morgan fingerprint density at radius 1 is 1.10 bits per heavy atom. The van der Waals surface area contributed by atoms with Crippen molar-refractivity contribution in [2.75, 3.05) is 5.73 Å². The van der Waals surface area contributed by atoms with Gasteiger partial charge in [0.25, 0.3) is 0 Å². The number of benzene rings is 1. The molecule has 0 spiro atoms. The maximum absolute atomic E-state index is 5.90. The van der Waals surface area contributed by atoms with E-state index in [0.29, 0.717) is 17.0 Å². The monoisotopic (exact) mass is 266 g/mol. The molecule has 0 saturated carbocycles. The van der Waals surface area contributed by atoms with E-state index in [1.54, 1.807) is 12.3 Å². The lowest BCUT2D eigenvalue weighted by Crippen LogP contribution is -1.91. The minimum absolute atomic E-state index is 0.262. The first kappa shape index (κ1) is 12.3. The number of hydrogen-bond acceptors (Lipinski definition) is 5. The number of nitrogen functional groups attached to an aromatic ring is 1. The molecule has 0 bridgehead atoms. The third-order valence-corrected chi connectivity index (χ3v) is 3.05. The van der Waals surface area contributed by atoms with Gasteiger partial charge in [-0.25, -0.2) is 9.97 Å². The van der Waals surface area contributed by atoms with Crippen LogP contribution in [0.1, 0.15) is 11.1 Å². The van der Waals surface area contributed by atoms with Gasteiger partial charge in [-0.3, -0.25) is 0 Å². The van der Waals surface area contributed by atoms with Crippen molar-refractivity contribution in [2.45, 2.75) is 13.8 Å². The molecule has 1 aromatic carbocycles. The number of aryl methyl sites for hydroxylation is 2. The van der Waals surface area contributed by atoms with Gasteiger partial charge >= 0.3 is 0 Å². The Kier molecular flexibility index (Phi) is 2.95. The highest BCUT2D eigenvalue weighted by Gasteiger charge is 2.18. The van der Waals surface area contributed by atoms with Crippen LogP contribution in [0.25, 0.3) is 22.5 Å². The zero-order valence-corrected chi connectivity index (χ0v) is 11.3. The molecule has 0 saturated heterocycles. The zero-order valence-electron chi connectivity index (χ0n) is 11.3. The van der Waals surface area contributed by atoms with Gasteiger partial charge in [-0.05, 0) is 32.0 Å².